The van der Waals surface area contributed by atoms with Gasteiger partial charge in [0.15, 0.2) is 5.78 Å². The molecule has 2 rings (SSSR count). The average molecular weight is 303 g/mol. The van der Waals surface area contributed by atoms with E-state index in [-0.39, 0.29) is 5.78 Å². The molecule has 0 aromatic heterocycles. The van der Waals surface area contributed by atoms with E-state index in [0.29, 0.717) is 5.92 Å². The Morgan fingerprint density at radius 3 is 1.78 bits per heavy atom. The van der Waals surface area contributed by atoms with E-state index in [1.54, 1.807) is 0 Å². The molecule has 0 bridgehead atoms. The lowest BCUT2D eigenvalue weighted by Crippen LogP contribution is -2.01. The highest BCUT2D eigenvalue weighted by Gasteiger charge is 2.09. The van der Waals surface area contributed by atoms with Crippen molar-refractivity contribution in [2.45, 2.75) is 19.8 Å². The van der Waals surface area contributed by atoms with Crippen molar-refractivity contribution in [1.82, 2.24) is 0 Å². The van der Waals surface area contributed by atoms with E-state index in [4.69, 9.17) is 0 Å². The van der Waals surface area contributed by atoms with Crippen molar-refractivity contribution in [3.63, 3.8) is 0 Å². The Labute approximate surface area is 116 Å². The zero-order valence-electron chi connectivity index (χ0n) is 10.5. The number of hydrogen-bond donors (Lipinski definition) is 0. The summed E-state index contributed by atoms with van der Waals surface area (Å²) in [6.45, 7) is 4.29. The highest BCUT2D eigenvalue weighted by Crippen LogP contribution is 2.18. The molecular weight excluding hydrogens is 288 g/mol. The maximum atomic E-state index is 12.2. The summed E-state index contributed by atoms with van der Waals surface area (Å²) in [4.78, 5) is 12.2. The highest BCUT2D eigenvalue weighted by atomic mass is 79.9. The van der Waals surface area contributed by atoms with Crippen molar-refractivity contribution in [3.05, 3.63) is 69.7 Å². The fourth-order valence-corrected chi connectivity index (χ4v) is 2.05. The zero-order valence-corrected chi connectivity index (χ0v) is 12.1. The van der Waals surface area contributed by atoms with Gasteiger partial charge in [-0.05, 0) is 35.7 Å². The van der Waals surface area contributed by atoms with Gasteiger partial charge in [0, 0.05) is 15.6 Å². The van der Waals surface area contributed by atoms with Crippen LogP contribution in [0.2, 0.25) is 0 Å². The molecule has 2 aromatic carbocycles. The van der Waals surface area contributed by atoms with Crippen LogP contribution in [0.25, 0.3) is 0 Å². The van der Waals surface area contributed by atoms with Crippen molar-refractivity contribution < 1.29 is 4.79 Å². The number of ketones is 1. The third kappa shape index (κ3) is 2.88. The Morgan fingerprint density at radius 2 is 1.33 bits per heavy atom. The van der Waals surface area contributed by atoms with Crippen LogP contribution < -0.4 is 0 Å². The van der Waals surface area contributed by atoms with Crippen molar-refractivity contribution in [1.29, 1.82) is 0 Å². The fourth-order valence-electron chi connectivity index (χ4n) is 1.79. The van der Waals surface area contributed by atoms with Gasteiger partial charge in [0.05, 0.1) is 0 Å². The van der Waals surface area contributed by atoms with E-state index >= 15 is 0 Å². The van der Waals surface area contributed by atoms with Gasteiger partial charge in [0.2, 0.25) is 0 Å². The average Bonchev–Trinajstić information content (AvgIpc) is 2.39. The monoisotopic (exact) mass is 302 g/mol. The maximum Gasteiger partial charge on any atom is 0.193 e. The van der Waals surface area contributed by atoms with Crippen LogP contribution >= 0.6 is 15.9 Å². The molecule has 0 radical (unpaired) electrons. The topological polar surface area (TPSA) is 17.1 Å². The molecule has 0 amide bonds. The van der Waals surface area contributed by atoms with Crippen molar-refractivity contribution in [3.8, 4) is 0 Å². The molecule has 2 heteroatoms. The summed E-state index contributed by atoms with van der Waals surface area (Å²) in [5.74, 6) is 0.555. The molecule has 0 saturated heterocycles. The minimum atomic E-state index is 0.0674. The van der Waals surface area contributed by atoms with Crippen LogP contribution in [0.3, 0.4) is 0 Å². The van der Waals surface area contributed by atoms with E-state index in [9.17, 15) is 4.79 Å². The smallest absolute Gasteiger partial charge is 0.193 e. The molecule has 2 aromatic rings. The largest absolute Gasteiger partial charge is 0.289 e. The second-order valence-corrected chi connectivity index (χ2v) is 5.53. The summed E-state index contributed by atoms with van der Waals surface area (Å²) < 4.78 is 0.981. The molecule has 0 aliphatic rings. The number of carbonyl (C=O) groups is 1. The Balaban J connectivity index is 2.26. The van der Waals surface area contributed by atoms with E-state index in [0.717, 1.165) is 15.6 Å². The normalized spacial score (nSPS) is 10.7. The van der Waals surface area contributed by atoms with Crippen molar-refractivity contribution >= 4 is 21.7 Å². The first kappa shape index (κ1) is 13.0. The van der Waals surface area contributed by atoms with Crippen LogP contribution in [-0.2, 0) is 0 Å². The van der Waals surface area contributed by atoms with Crippen LogP contribution in [0.1, 0.15) is 41.3 Å². The summed E-state index contributed by atoms with van der Waals surface area (Å²) in [5, 5.41) is 0. The third-order valence-corrected chi connectivity index (χ3v) is 3.47. The predicted molar refractivity (Wildman–Crippen MR) is 78.1 cm³/mol. The molecule has 0 aliphatic carbocycles. The molecule has 0 spiro atoms. The van der Waals surface area contributed by atoms with E-state index in [2.05, 4.69) is 29.8 Å². The van der Waals surface area contributed by atoms with Crippen LogP contribution in [0, 0.1) is 0 Å². The maximum absolute atomic E-state index is 12.2. The first-order valence-electron chi connectivity index (χ1n) is 5.98. The lowest BCUT2D eigenvalue weighted by atomic mass is 9.98. The van der Waals surface area contributed by atoms with Gasteiger partial charge in [-0.15, -0.1) is 0 Å². The summed E-state index contributed by atoms with van der Waals surface area (Å²) in [6.07, 6.45) is 0. The Hall–Kier alpha value is -1.41. The quantitative estimate of drug-likeness (QED) is 0.744. The van der Waals surface area contributed by atoms with Crippen LogP contribution in [0.15, 0.2) is 53.0 Å². The van der Waals surface area contributed by atoms with E-state index in [1.807, 2.05) is 48.5 Å². The molecule has 0 atom stereocenters. The molecule has 0 aliphatic heterocycles. The molecule has 0 fully saturated rings. The van der Waals surface area contributed by atoms with Crippen molar-refractivity contribution in [2.75, 3.05) is 0 Å². The SMILES string of the molecule is CC(C)c1ccc(C(=O)c2ccc(Br)cc2)cc1. The van der Waals surface area contributed by atoms with Crippen LogP contribution in [-0.4, -0.2) is 5.78 Å². The molecule has 0 N–H and O–H groups in total. The molecular formula is C16H15BrO. The van der Waals surface area contributed by atoms with E-state index < -0.39 is 0 Å². The van der Waals surface area contributed by atoms with Crippen LogP contribution in [0.5, 0.6) is 0 Å². The highest BCUT2D eigenvalue weighted by molar-refractivity contribution is 9.10. The first-order chi connectivity index (χ1) is 8.58. The summed E-state index contributed by atoms with van der Waals surface area (Å²) in [6, 6.07) is 15.3. The number of carbonyl (C=O) groups excluding carboxylic acids is 1. The molecule has 0 heterocycles. The Kier molecular flexibility index (Phi) is 3.97. The summed E-state index contributed by atoms with van der Waals surface area (Å²) in [5.41, 5.74) is 2.71. The second-order valence-electron chi connectivity index (χ2n) is 4.61. The third-order valence-electron chi connectivity index (χ3n) is 2.95. The standard InChI is InChI=1S/C16H15BrO/c1-11(2)12-3-5-13(6-4-12)16(18)14-7-9-15(17)10-8-14/h3-11H,1-2H3. The summed E-state index contributed by atoms with van der Waals surface area (Å²) in [7, 11) is 0. The first-order valence-corrected chi connectivity index (χ1v) is 6.77. The number of hydrogen-bond acceptors (Lipinski definition) is 1. The molecule has 92 valence electrons. The predicted octanol–water partition coefficient (Wildman–Crippen LogP) is 4.80. The van der Waals surface area contributed by atoms with Gasteiger partial charge in [0.25, 0.3) is 0 Å². The van der Waals surface area contributed by atoms with Gasteiger partial charge in [-0.1, -0.05) is 54.0 Å². The minimum Gasteiger partial charge on any atom is -0.289 e. The van der Waals surface area contributed by atoms with Gasteiger partial charge >= 0.3 is 0 Å². The molecule has 1 nitrogen and oxygen atoms in total. The van der Waals surface area contributed by atoms with Gasteiger partial charge in [-0.25, -0.2) is 0 Å². The Bertz CT molecular complexity index is 538. The molecule has 0 unspecified atom stereocenters. The lowest BCUT2D eigenvalue weighted by molar-refractivity contribution is 0.103. The molecule has 0 saturated carbocycles. The second kappa shape index (κ2) is 5.49. The van der Waals surface area contributed by atoms with E-state index in [1.165, 1.54) is 5.56 Å². The Morgan fingerprint density at radius 1 is 0.889 bits per heavy atom. The number of halogens is 1. The van der Waals surface area contributed by atoms with Gasteiger partial charge in [-0.3, -0.25) is 4.79 Å². The zero-order chi connectivity index (χ0) is 13.1. The van der Waals surface area contributed by atoms with Gasteiger partial charge in [-0.2, -0.15) is 0 Å². The number of rotatable bonds is 3. The van der Waals surface area contributed by atoms with Crippen LogP contribution in [0.4, 0.5) is 0 Å². The molecule has 18 heavy (non-hydrogen) atoms. The number of benzene rings is 2. The van der Waals surface area contributed by atoms with Gasteiger partial charge < -0.3 is 0 Å². The fraction of sp³-hybridized carbons (Fsp3) is 0.188. The van der Waals surface area contributed by atoms with Gasteiger partial charge in [0.1, 0.15) is 0 Å². The lowest BCUT2D eigenvalue weighted by Gasteiger charge is -2.06. The minimum absolute atomic E-state index is 0.0674. The summed E-state index contributed by atoms with van der Waals surface area (Å²) >= 11 is 3.36. The van der Waals surface area contributed by atoms with Crippen molar-refractivity contribution in [2.24, 2.45) is 0 Å².